The van der Waals surface area contributed by atoms with Crippen LogP contribution in [0.4, 0.5) is 5.69 Å². The van der Waals surface area contributed by atoms with Crippen molar-refractivity contribution in [3.8, 4) is 0 Å². The van der Waals surface area contributed by atoms with Crippen molar-refractivity contribution in [3.63, 3.8) is 0 Å². The quantitative estimate of drug-likeness (QED) is 0.846. The molecule has 1 atom stereocenters. The molecule has 0 bridgehead atoms. The summed E-state index contributed by atoms with van der Waals surface area (Å²) >= 11 is 0. The average Bonchev–Trinajstić information content (AvgIpc) is 2.60. The van der Waals surface area contributed by atoms with Crippen LogP contribution in [0.1, 0.15) is 35.6 Å². The van der Waals surface area contributed by atoms with E-state index in [0.29, 0.717) is 18.7 Å². The summed E-state index contributed by atoms with van der Waals surface area (Å²) in [6, 6.07) is 15.4. The summed E-state index contributed by atoms with van der Waals surface area (Å²) in [5, 5.41) is 11.6. The molecule has 5 nitrogen and oxygen atoms in total. The maximum absolute atomic E-state index is 12.4. The monoisotopic (exact) mass is 339 g/mol. The Morgan fingerprint density at radius 1 is 1.16 bits per heavy atom. The zero-order valence-electron chi connectivity index (χ0n) is 13.9. The SMILES string of the molecule is O=C(O)CCc1cccc(NC(=O)CC2OCCc3ccccc32)c1. The predicted molar refractivity (Wildman–Crippen MR) is 94.5 cm³/mol. The molecular formula is C20H21NO4. The summed E-state index contributed by atoms with van der Waals surface area (Å²) in [7, 11) is 0. The highest BCUT2D eigenvalue weighted by atomic mass is 16.5. The van der Waals surface area contributed by atoms with E-state index >= 15 is 0 Å². The van der Waals surface area contributed by atoms with Gasteiger partial charge >= 0.3 is 5.97 Å². The fourth-order valence-corrected chi connectivity index (χ4v) is 3.08. The summed E-state index contributed by atoms with van der Waals surface area (Å²) in [4.78, 5) is 23.1. The summed E-state index contributed by atoms with van der Waals surface area (Å²) in [6.07, 6.45) is 1.43. The minimum Gasteiger partial charge on any atom is -0.481 e. The highest BCUT2D eigenvalue weighted by Gasteiger charge is 2.23. The molecule has 2 aromatic carbocycles. The average molecular weight is 339 g/mol. The zero-order valence-corrected chi connectivity index (χ0v) is 13.9. The lowest BCUT2D eigenvalue weighted by atomic mass is 9.95. The first-order valence-corrected chi connectivity index (χ1v) is 8.42. The van der Waals surface area contributed by atoms with E-state index in [0.717, 1.165) is 17.5 Å². The number of ether oxygens (including phenoxy) is 1. The number of rotatable bonds is 6. The first kappa shape index (κ1) is 17.2. The van der Waals surface area contributed by atoms with Crippen LogP contribution in [-0.4, -0.2) is 23.6 Å². The van der Waals surface area contributed by atoms with Crippen LogP contribution < -0.4 is 5.32 Å². The van der Waals surface area contributed by atoms with Crippen LogP contribution in [0.2, 0.25) is 0 Å². The molecule has 3 rings (SSSR count). The topological polar surface area (TPSA) is 75.6 Å². The highest BCUT2D eigenvalue weighted by molar-refractivity contribution is 5.91. The summed E-state index contributed by atoms with van der Waals surface area (Å²) < 4.78 is 5.78. The number of hydrogen-bond donors (Lipinski definition) is 2. The molecule has 0 saturated heterocycles. The maximum atomic E-state index is 12.4. The second-order valence-electron chi connectivity index (χ2n) is 6.15. The van der Waals surface area contributed by atoms with Gasteiger partial charge in [0.05, 0.1) is 19.1 Å². The number of aliphatic carboxylic acids is 1. The number of nitrogens with one attached hydrogen (secondary N) is 1. The number of hydrogen-bond acceptors (Lipinski definition) is 3. The van der Waals surface area contributed by atoms with E-state index < -0.39 is 5.97 Å². The maximum Gasteiger partial charge on any atom is 0.303 e. The number of carboxylic acid groups (broad SMARTS) is 1. The van der Waals surface area contributed by atoms with Gasteiger partial charge in [-0.3, -0.25) is 9.59 Å². The minimum atomic E-state index is -0.831. The number of benzene rings is 2. The molecule has 1 aliphatic rings. The first-order valence-electron chi connectivity index (χ1n) is 8.42. The Labute approximate surface area is 146 Å². The van der Waals surface area contributed by atoms with Crippen molar-refractivity contribution in [2.24, 2.45) is 0 Å². The summed E-state index contributed by atoms with van der Waals surface area (Å²) in [6.45, 7) is 0.625. The molecular weight excluding hydrogens is 318 g/mol. The lowest BCUT2D eigenvalue weighted by Crippen LogP contribution is -2.22. The molecule has 1 heterocycles. The normalized spacial score (nSPS) is 16.1. The van der Waals surface area contributed by atoms with Crippen LogP contribution >= 0.6 is 0 Å². The lowest BCUT2D eigenvalue weighted by molar-refractivity contribution is -0.137. The van der Waals surface area contributed by atoms with E-state index in [1.54, 1.807) is 6.07 Å². The van der Waals surface area contributed by atoms with E-state index in [9.17, 15) is 9.59 Å². The summed E-state index contributed by atoms with van der Waals surface area (Å²) in [5.74, 6) is -0.945. The van der Waals surface area contributed by atoms with E-state index in [1.165, 1.54) is 5.56 Å². The van der Waals surface area contributed by atoms with Gasteiger partial charge in [-0.1, -0.05) is 36.4 Å². The standard InChI is InChI=1S/C20H21NO4/c22-19(13-18-17-7-2-1-5-15(17)10-11-25-18)21-16-6-3-4-14(12-16)8-9-20(23)24/h1-7,12,18H,8-11,13H2,(H,21,22)(H,23,24). The molecule has 0 saturated carbocycles. The van der Waals surface area contributed by atoms with Crippen molar-refractivity contribution in [1.29, 1.82) is 0 Å². The van der Waals surface area contributed by atoms with Crippen molar-refractivity contribution >= 4 is 17.6 Å². The molecule has 2 aromatic rings. The lowest BCUT2D eigenvalue weighted by Gasteiger charge is -2.25. The molecule has 0 fully saturated rings. The van der Waals surface area contributed by atoms with Crippen LogP contribution in [0, 0.1) is 0 Å². The molecule has 2 N–H and O–H groups in total. The molecule has 0 spiro atoms. The van der Waals surface area contributed by atoms with E-state index in [2.05, 4.69) is 11.4 Å². The van der Waals surface area contributed by atoms with Gasteiger partial charge in [-0.25, -0.2) is 0 Å². The van der Waals surface area contributed by atoms with E-state index in [1.807, 2.05) is 36.4 Å². The molecule has 130 valence electrons. The van der Waals surface area contributed by atoms with Crippen molar-refractivity contribution in [2.45, 2.75) is 31.8 Å². The molecule has 0 aromatic heterocycles. The van der Waals surface area contributed by atoms with Crippen LogP contribution in [0.3, 0.4) is 0 Å². The van der Waals surface area contributed by atoms with Gasteiger partial charge in [0.15, 0.2) is 0 Å². The fraction of sp³-hybridized carbons (Fsp3) is 0.300. The highest BCUT2D eigenvalue weighted by Crippen LogP contribution is 2.29. The first-order chi connectivity index (χ1) is 12.1. The van der Waals surface area contributed by atoms with Crippen LogP contribution in [0.25, 0.3) is 0 Å². The van der Waals surface area contributed by atoms with Gasteiger partial charge in [-0.15, -0.1) is 0 Å². The Balaban J connectivity index is 1.62. The Hall–Kier alpha value is -2.66. The zero-order chi connectivity index (χ0) is 17.6. The van der Waals surface area contributed by atoms with Crippen LogP contribution in [0.15, 0.2) is 48.5 Å². The molecule has 25 heavy (non-hydrogen) atoms. The molecule has 1 aliphatic heterocycles. The van der Waals surface area contributed by atoms with Gasteiger partial charge in [-0.05, 0) is 41.7 Å². The van der Waals surface area contributed by atoms with Crippen LogP contribution in [0.5, 0.6) is 0 Å². The van der Waals surface area contributed by atoms with Gasteiger partial charge < -0.3 is 15.2 Å². The molecule has 5 heteroatoms. The molecule has 0 radical (unpaired) electrons. The third-order valence-electron chi connectivity index (χ3n) is 4.30. The number of fused-ring (bicyclic) bond motifs is 1. The smallest absolute Gasteiger partial charge is 0.303 e. The van der Waals surface area contributed by atoms with Crippen LogP contribution in [-0.2, 0) is 27.2 Å². The molecule has 1 amide bonds. The number of carboxylic acids is 1. The number of anilines is 1. The van der Waals surface area contributed by atoms with Gasteiger partial charge in [-0.2, -0.15) is 0 Å². The number of carbonyl (C=O) groups excluding carboxylic acids is 1. The second kappa shape index (κ2) is 7.94. The van der Waals surface area contributed by atoms with Crippen molar-refractivity contribution in [2.75, 3.05) is 11.9 Å². The molecule has 0 aliphatic carbocycles. The molecule has 1 unspecified atom stereocenters. The van der Waals surface area contributed by atoms with Gasteiger partial charge in [0.25, 0.3) is 0 Å². The number of carbonyl (C=O) groups is 2. The Morgan fingerprint density at radius 2 is 2.00 bits per heavy atom. The third-order valence-corrected chi connectivity index (χ3v) is 4.30. The fourth-order valence-electron chi connectivity index (χ4n) is 3.08. The summed E-state index contributed by atoms with van der Waals surface area (Å²) in [5.41, 5.74) is 3.89. The Morgan fingerprint density at radius 3 is 2.84 bits per heavy atom. The second-order valence-corrected chi connectivity index (χ2v) is 6.15. The minimum absolute atomic E-state index is 0.0735. The van der Waals surface area contributed by atoms with Gasteiger partial charge in [0.1, 0.15) is 0 Å². The van der Waals surface area contributed by atoms with Crippen molar-refractivity contribution < 1.29 is 19.4 Å². The van der Waals surface area contributed by atoms with Gasteiger partial charge in [0.2, 0.25) is 5.91 Å². The Kier molecular flexibility index (Phi) is 5.46. The van der Waals surface area contributed by atoms with E-state index in [4.69, 9.17) is 9.84 Å². The largest absolute Gasteiger partial charge is 0.481 e. The van der Waals surface area contributed by atoms with Gasteiger partial charge in [0, 0.05) is 12.1 Å². The Bertz CT molecular complexity index is 772. The predicted octanol–water partition coefficient (Wildman–Crippen LogP) is 3.35. The van der Waals surface area contributed by atoms with Crippen molar-refractivity contribution in [3.05, 3.63) is 65.2 Å². The third kappa shape index (κ3) is 4.67. The number of aryl methyl sites for hydroxylation is 1. The van der Waals surface area contributed by atoms with E-state index in [-0.39, 0.29) is 24.9 Å². The van der Waals surface area contributed by atoms with Crippen molar-refractivity contribution in [1.82, 2.24) is 0 Å². The number of amides is 1.